The number of aliphatic carboxylic acids is 1. The summed E-state index contributed by atoms with van der Waals surface area (Å²) in [7, 11) is 0. The maximum absolute atomic E-state index is 12.4. The van der Waals surface area contributed by atoms with E-state index in [2.05, 4.69) is 5.32 Å². The lowest BCUT2D eigenvalue weighted by molar-refractivity contribution is -0.160. The minimum atomic E-state index is -4.67. The highest BCUT2D eigenvalue weighted by Gasteiger charge is 2.38. The monoisotopic (exact) mass is 378 g/mol. The molecule has 1 unspecified atom stereocenters. The van der Waals surface area contributed by atoms with Crippen molar-refractivity contribution in [3.05, 3.63) is 0 Å². The molecule has 0 spiro atoms. The van der Waals surface area contributed by atoms with Crippen LogP contribution in [0.3, 0.4) is 0 Å². The molecule has 0 radical (unpaired) electrons. The zero-order valence-corrected chi connectivity index (χ0v) is 14.5. The summed E-state index contributed by atoms with van der Waals surface area (Å²) < 4.78 is 37.2. The van der Waals surface area contributed by atoms with E-state index in [1.165, 1.54) is 0 Å². The van der Waals surface area contributed by atoms with E-state index in [1.54, 1.807) is 0 Å². The number of carbonyl (C=O) groups excluding carboxylic acids is 2. The van der Waals surface area contributed by atoms with Crippen molar-refractivity contribution in [3.63, 3.8) is 0 Å². The molecule has 26 heavy (non-hydrogen) atoms. The number of amides is 2. The molecule has 2 amide bonds. The Morgan fingerprint density at radius 1 is 0.923 bits per heavy atom. The van der Waals surface area contributed by atoms with Crippen molar-refractivity contribution in [1.82, 2.24) is 10.6 Å². The van der Waals surface area contributed by atoms with Gasteiger partial charge in [-0.3, -0.25) is 9.59 Å². The van der Waals surface area contributed by atoms with Crippen molar-refractivity contribution in [1.29, 1.82) is 0 Å². The first-order valence-corrected chi connectivity index (χ1v) is 9.06. The molecule has 0 heterocycles. The molecule has 9 heteroatoms. The third-order valence-corrected chi connectivity index (χ3v) is 5.22. The van der Waals surface area contributed by atoms with Gasteiger partial charge in [0.2, 0.25) is 11.8 Å². The quantitative estimate of drug-likeness (QED) is 0.661. The van der Waals surface area contributed by atoms with E-state index < -0.39 is 36.4 Å². The largest absolute Gasteiger partial charge is 0.480 e. The molecule has 2 aliphatic rings. The molecule has 0 bridgehead atoms. The number of hydrogen-bond donors (Lipinski definition) is 3. The summed E-state index contributed by atoms with van der Waals surface area (Å²) in [6.07, 6.45) is -0.375. The maximum Gasteiger partial charge on any atom is 0.391 e. The normalized spacial score (nSPS) is 25.5. The zero-order chi connectivity index (χ0) is 19.3. The van der Waals surface area contributed by atoms with Crippen molar-refractivity contribution >= 4 is 17.8 Å². The average Bonchev–Trinajstić information content (AvgIpc) is 3.08. The van der Waals surface area contributed by atoms with Crippen molar-refractivity contribution in [2.24, 2.45) is 11.8 Å². The first kappa shape index (κ1) is 20.5. The summed E-state index contributed by atoms with van der Waals surface area (Å²) in [5.74, 6) is -2.78. The Balaban J connectivity index is 1.78. The van der Waals surface area contributed by atoms with Gasteiger partial charge in [0.25, 0.3) is 0 Å². The van der Waals surface area contributed by atoms with Crippen LogP contribution in [0.2, 0.25) is 0 Å². The summed E-state index contributed by atoms with van der Waals surface area (Å²) >= 11 is 0. The van der Waals surface area contributed by atoms with Crippen LogP contribution in [-0.4, -0.2) is 41.2 Å². The first-order valence-electron chi connectivity index (χ1n) is 9.06. The molecule has 2 fully saturated rings. The number of hydrogen-bond acceptors (Lipinski definition) is 3. The Kier molecular flexibility index (Phi) is 6.88. The molecule has 0 aromatic rings. The standard InChI is InChI=1S/C17H25F3N2O4/c18-17(19,20)9-13(16(25)26)22-15(24)11-5-7-12(8-6-11)21-14(23)10-3-1-2-4-10/h10-13H,1-9H2,(H,21,23)(H,22,24)(H,25,26). The number of alkyl halides is 3. The topological polar surface area (TPSA) is 95.5 Å². The van der Waals surface area contributed by atoms with Crippen LogP contribution < -0.4 is 10.6 Å². The number of carboxylic acids is 1. The Labute approximate surface area is 149 Å². The van der Waals surface area contributed by atoms with Crippen molar-refractivity contribution in [3.8, 4) is 0 Å². The molecule has 148 valence electrons. The van der Waals surface area contributed by atoms with Crippen molar-refractivity contribution in [2.45, 2.75) is 76.0 Å². The fourth-order valence-electron chi connectivity index (χ4n) is 3.73. The summed E-state index contributed by atoms with van der Waals surface area (Å²) in [6.45, 7) is 0. The van der Waals surface area contributed by atoms with Crippen molar-refractivity contribution < 1.29 is 32.7 Å². The Hall–Kier alpha value is -1.80. The zero-order valence-electron chi connectivity index (χ0n) is 14.5. The van der Waals surface area contributed by atoms with E-state index in [4.69, 9.17) is 5.11 Å². The molecular weight excluding hydrogens is 353 g/mol. The highest BCUT2D eigenvalue weighted by molar-refractivity contribution is 5.85. The predicted octanol–water partition coefficient (Wildman–Crippen LogP) is 2.37. The van der Waals surface area contributed by atoms with Crippen LogP contribution in [0.5, 0.6) is 0 Å². The van der Waals surface area contributed by atoms with Gasteiger partial charge in [-0.1, -0.05) is 12.8 Å². The van der Waals surface area contributed by atoms with Crippen LogP contribution in [0.4, 0.5) is 13.2 Å². The third kappa shape index (κ3) is 6.17. The molecule has 0 aromatic heterocycles. The van der Waals surface area contributed by atoms with E-state index >= 15 is 0 Å². The molecule has 2 saturated carbocycles. The van der Waals surface area contributed by atoms with E-state index in [1.807, 2.05) is 5.32 Å². The Bertz CT molecular complexity index is 525. The van der Waals surface area contributed by atoms with Gasteiger partial charge in [-0.25, -0.2) is 4.79 Å². The molecule has 2 aliphatic carbocycles. The molecule has 2 rings (SSSR count). The first-order chi connectivity index (χ1) is 12.2. The number of rotatable bonds is 6. The number of nitrogens with one attached hydrogen (secondary N) is 2. The van der Waals surface area contributed by atoms with Gasteiger partial charge in [-0.15, -0.1) is 0 Å². The summed E-state index contributed by atoms with van der Waals surface area (Å²) in [6, 6.07) is -2.00. The van der Waals surface area contributed by atoms with Crippen LogP contribution in [-0.2, 0) is 14.4 Å². The lowest BCUT2D eigenvalue weighted by Crippen LogP contribution is -2.47. The van der Waals surface area contributed by atoms with E-state index in [0.717, 1.165) is 25.7 Å². The number of halogens is 3. The van der Waals surface area contributed by atoms with Gasteiger partial charge >= 0.3 is 12.1 Å². The van der Waals surface area contributed by atoms with Crippen LogP contribution in [0, 0.1) is 11.8 Å². The van der Waals surface area contributed by atoms with Gasteiger partial charge in [0, 0.05) is 17.9 Å². The SMILES string of the molecule is O=C(NC1CCC(C(=O)NC(CC(F)(F)F)C(=O)O)CC1)C1CCCC1. The van der Waals surface area contributed by atoms with E-state index in [-0.39, 0.29) is 17.9 Å². The molecule has 0 aromatic carbocycles. The molecule has 6 nitrogen and oxygen atoms in total. The van der Waals surface area contributed by atoms with Gasteiger partial charge in [-0.05, 0) is 38.5 Å². The Morgan fingerprint density at radius 2 is 1.46 bits per heavy atom. The average molecular weight is 378 g/mol. The van der Waals surface area contributed by atoms with Gasteiger partial charge in [0.05, 0.1) is 6.42 Å². The maximum atomic E-state index is 12.4. The van der Waals surface area contributed by atoms with Crippen LogP contribution >= 0.6 is 0 Å². The predicted molar refractivity (Wildman–Crippen MR) is 86.1 cm³/mol. The second-order valence-electron chi connectivity index (χ2n) is 7.26. The van der Waals surface area contributed by atoms with Gasteiger partial charge in [0.1, 0.15) is 6.04 Å². The molecule has 1 atom stereocenters. The van der Waals surface area contributed by atoms with Crippen molar-refractivity contribution in [2.75, 3.05) is 0 Å². The summed E-state index contributed by atoms with van der Waals surface area (Å²) in [4.78, 5) is 35.2. The number of carboxylic acid groups (broad SMARTS) is 1. The molecular formula is C17H25F3N2O4. The highest BCUT2D eigenvalue weighted by Crippen LogP contribution is 2.28. The van der Waals surface area contributed by atoms with Gasteiger partial charge in [-0.2, -0.15) is 13.2 Å². The summed E-state index contributed by atoms with van der Waals surface area (Å²) in [5.41, 5.74) is 0. The fourth-order valence-corrected chi connectivity index (χ4v) is 3.73. The van der Waals surface area contributed by atoms with Gasteiger partial charge in [0.15, 0.2) is 0 Å². The van der Waals surface area contributed by atoms with Gasteiger partial charge < -0.3 is 15.7 Å². The second-order valence-corrected chi connectivity index (χ2v) is 7.26. The van der Waals surface area contributed by atoms with Crippen LogP contribution in [0.25, 0.3) is 0 Å². The lowest BCUT2D eigenvalue weighted by atomic mass is 9.85. The smallest absolute Gasteiger partial charge is 0.391 e. The molecule has 0 aliphatic heterocycles. The third-order valence-electron chi connectivity index (χ3n) is 5.22. The van der Waals surface area contributed by atoms with Crippen LogP contribution in [0.15, 0.2) is 0 Å². The van der Waals surface area contributed by atoms with Crippen LogP contribution in [0.1, 0.15) is 57.8 Å². The lowest BCUT2D eigenvalue weighted by Gasteiger charge is -2.30. The minimum Gasteiger partial charge on any atom is -0.480 e. The minimum absolute atomic E-state index is 0.0300. The highest BCUT2D eigenvalue weighted by atomic mass is 19.4. The second kappa shape index (κ2) is 8.73. The number of carbonyl (C=O) groups is 3. The Morgan fingerprint density at radius 3 is 1.96 bits per heavy atom. The van der Waals surface area contributed by atoms with E-state index in [0.29, 0.717) is 25.7 Å². The molecule has 3 N–H and O–H groups in total. The fraction of sp³-hybridized carbons (Fsp3) is 0.824. The summed E-state index contributed by atoms with van der Waals surface area (Å²) in [5, 5.41) is 13.9. The van der Waals surface area contributed by atoms with E-state index in [9.17, 15) is 27.6 Å². The molecule has 0 saturated heterocycles.